The zero-order valence-electron chi connectivity index (χ0n) is 26.1. The smallest absolute Gasteiger partial charge is 0.330 e. The minimum Gasteiger partial charge on any atom is -0.388 e. The Balaban J connectivity index is 1.44. The van der Waals surface area contributed by atoms with E-state index in [4.69, 9.17) is 19.9 Å². The molecule has 252 valence electrons. The number of hydrogen-bond acceptors (Lipinski definition) is 10. The number of carbonyl (C=O) groups excluding carboxylic acids is 1. The van der Waals surface area contributed by atoms with E-state index in [2.05, 4.69) is 17.2 Å². The Kier molecular flexibility index (Phi) is 16.0. The molecule has 0 bridgehead atoms. The molecule has 13 heteroatoms. The van der Waals surface area contributed by atoms with Crippen molar-refractivity contribution in [2.75, 3.05) is 13.1 Å². The van der Waals surface area contributed by atoms with Crippen molar-refractivity contribution in [3.8, 4) is 0 Å². The van der Waals surface area contributed by atoms with E-state index < -0.39 is 60.4 Å². The van der Waals surface area contributed by atoms with Gasteiger partial charge in [0.1, 0.15) is 30.5 Å². The maximum absolute atomic E-state index is 12.7. The number of aliphatic hydroxyl groups excluding tert-OH is 3. The van der Waals surface area contributed by atoms with Crippen LogP contribution in [0.3, 0.4) is 0 Å². The summed E-state index contributed by atoms with van der Waals surface area (Å²) in [7, 11) is 0. The van der Waals surface area contributed by atoms with Crippen molar-refractivity contribution < 1.29 is 34.3 Å². The number of aromatic nitrogens is 2. The molecule has 7 N–H and O–H groups in total. The lowest BCUT2D eigenvalue weighted by Crippen LogP contribution is -2.45. The van der Waals surface area contributed by atoms with Crippen molar-refractivity contribution in [2.24, 2.45) is 5.73 Å². The van der Waals surface area contributed by atoms with Crippen LogP contribution in [-0.2, 0) is 19.0 Å². The van der Waals surface area contributed by atoms with E-state index in [0.717, 1.165) is 29.9 Å². The number of aliphatic hydroxyl groups is 3. The molecule has 0 saturated carbocycles. The van der Waals surface area contributed by atoms with Crippen LogP contribution in [0, 0.1) is 0 Å². The highest BCUT2D eigenvalue weighted by Crippen LogP contribution is 2.32. The number of amides is 1. The van der Waals surface area contributed by atoms with Gasteiger partial charge < -0.3 is 40.6 Å². The van der Waals surface area contributed by atoms with Gasteiger partial charge in [0.25, 0.3) is 5.56 Å². The molecule has 2 fully saturated rings. The van der Waals surface area contributed by atoms with Crippen molar-refractivity contribution in [2.45, 2.75) is 152 Å². The van der Waals surface area contributed by atoms with Crippen LogP contribution in [-0.4, -0.2) is 86.8 Å². The van der Waals surface area contributed by atoms with Gasteiger partial charge in [0, 0.05) is 38.2 Å². The average molecular weight is 627 g/mol. The van der Waals surface area contributed by atoms with Crippen LogP contribution in [0.25, 0.3) is 0 Å². The molecule has 0 aliphatic carbocycles. The Morgan fingerprint density at radius 3 is 2.18 bits per heavy atom. The number of unbranched alkanes of at least 4 members (excludes halogenated alkanes) is 12. The van der Waals surface area contributed by atoms with E-state index >= 15 is 0 Å². The topological polar surface area (TPSA) is 198 Å². The molecule has 13 nitrogen and oxygen atoms in total. The van der Waals surface area contributed by atoms with E-state index in [1.807, 2.05) is 0 Å². The van der Waals surface area contributed by atoms with Gasteiger partial charge in [0.05, 0.1) is 6.10 Å². The molecule has 1 amide bonds. The van der Waals surface area contributed by atoms with E-state index in [1.54, 1.807) is 0 Å². The van der Waals surface area contributed by atoms with E-state index in [-0.39, 0.29) is 25.4 Å². The average Bonchev–Trinajstić information content (AvgIpc) is 3.51. The molecule has 3 heterocycles. The third-order valence-electron chi connectivity index (χ3n) is 8.52. The summed E-state index contributed by atoms with van der Waals surface area (Å²) in [6.07, 6.45) is 8.81. The molecule has 0 spiro atoms. The highest BCUT2D eigenvalue weighted by atomic mass is 16.7. The lowest BCUT2D eigenvalue weighted by atomic mass is 10.0. The number of hydrogen-bond donors (Lipinski definition) is 6. The predicted octanol–water partition coefficient (Wildman–Crippen LogP) is 1.57. The fourth-order valence-electron chi connectivity index (χ4n) is 5.87. The second-order valence-electron chi connectivity index (χ2n) is 12.1. The summed E-state index contributed by atoms with van der Waals surface area (Å²) in [4.78, 5) is 38.6. The Morgan fingerprint density at radius 1 is 1.00 bits per heavy atom. The number of nitrogens with two attached hydrogens (primary N) is 1. The quantitative estimate of drug-likeness (QED) is 0.109. The number of aromatic amines is 1. The molecule has 1 aromatic heterocycles. The van der Waals surface area contributed by atoms with Crippen LogP contribution in [0.2, 0.25) is 0 Å². The summed E-state index contributed by atoms with van der Waals surface area (Å²) >= 11 is 0. The van der Waals surface area contributed by atoms with Crippen LogP contribution >= 0.6 is 0 Å². The summed E-state index contributed by atoms with van der Waals surface area (Å²) in [5.41, 5.74) is 4.30. The standard InChI is InChI=1S/C31H54N4O9/c1-2-3-4-5-6-7-8-9-10-11-12-13-14-15-25(37)33-20-24(44-30-28(40)27(39)23(19-32)43-30)22-18-21(36)29(42-22)35-17-16-26(38)34-31(35)41/h16-17,21-24,27-30,36,39-40H,2-15,18-20,32H2,1H3,(H,33,37)(H,34,38,41)/t21-,22+,23-,24-,27-,28-,29-,30+/m1/s1. The highest BCUT2D eigenvalue weighted by Gasteiger charge is 2.47. The maximum Gasteiger partial charge on any atom is 0.330 e. The molecule has 0 unspecified atom stereocenters. The normalized spacial score (nSPS) is 27.5. The summed E-state index contributed by atoms with van der Waals surface area (Å²) in [6.45, 7) is 2.19. The molecule has 2 aliphatic heterocycles. The first-order valence-electron chi connectivity index (χ1n) is 16.5. The summed E-state index contributed by atoms with van der Waals surface area (Å²) in [6, 6.07) is 1.15. The van der Waals surface area contributed by atoms with Crippen molar-refractivity contribution >= 4 is 5.91 Å². The van der Waals surface area contributed by atoms with Crippen LogP contribution in [0.15, 0.2) is 21.9 Å². The van der Waals surface area contributed by atoms with Gasteiger partial charge in [0.15, 0.2) is 12.5 Å². The number of nitrogens with zero attached hydrogens (tertiary/aromatic N) is 1. The minimum absolute atomic E-state index is 0.0160. The largest absolute Gasteiger partial charge is 0.388 e. The summed E-state index contributed by atoms with van der Waals surface area (Å²) in [5, 5.41) is 34.2. The highest BCUT2D eigenvalue weighted by molar-refractivity contribution is 5.75. The van der Waals surface area contributed by atoms with Crippen LogP contribution in [0.4, 0.5) is 0 Å². The number of ether oxygens (including phenoxy) is 3. The number of H-pyrrole nitrogens is 1. The third kappa shape index (κ3) is 11.3. The van der Waals surface area contributed by atoms with Gasteiger partial charge in [-0.3, -0.25) is 19.1 Å². The second kappa shape index (κ2) is 19.4. The first-order valence-corrected chi connectivity index (χ1v) is 16.5. The Bertz CT molecular complexity index is 1080. The van der Waals surface area contributed by atoms with Gasteiger partial charge >= 0.3 is 5.69 Å². The zero-order valence-corrected chi connectivity index (χ0v) is 26.1. The molecule has 0 aromatic carbocycles. The molecule has 2 saturated heterocycles. The number of rotatable bonds is 21. The third-order valence-corrected chi connectivity index (χ3v) is 8.52. The number of carbonyl (C=O) groups is 1. The molecule has 0 radical (unpaired) electrons. The van der Waals surface area contributed by atoms with Gasteiger partial charge in [-0.15, -0.1) is 0 Å². The first-order chi connectivity index (χ1) is 21.2. The lowest BCUT2D eigenvalue weighted by Gasteiger charge is -2.28. The molecule has 3 rings (SSSR count). The molecule has 44 heavy (non-hydrogen) atoms. The molecular formula is C31H54N4O9. The van der Waals surface area contributed by atoms with Crippen molar-refractivity contribution in [3.05, 3.63) is 33.1 Å². The molecule has 2 aliphatic rings. The molecule has 8 atom stereocenters. The lowest BCUT2D eigenvalue weighted by molar-refractivity contribution is -0.213. The Labute approximate surface area is 259 Å². The first kappa shape index (κ1) is 36.3. The van der Waals surface area contributed by atoms with E-state index in [9.17, 15) is 29.7 Å². The summed E-state index contributed by atoms with van der Waals surface area (Å²) in [5.74, 6) is -0.165. The Morgan fingerprint density at radius 2 is 1.61 bits per heavy atom. The number of nitrogens with one attached hydrogen (secondary N) is 2. The van der Waals surface area contributed by atoms with Crippen molar-refractivity contribution in [1.29, 1.82) is 0 Å². The van der Waals surface area contributed by atoms with E-state index in [1.165, 1.54) is 70.4 Å². The van der Waals surface area contributed by atoms with Gasteiger partial charge in [-0.05, 0) is 6.42 Å². The SMILES string of the molecule is CCCCCCCCCCCCCCCC(=O)NC[C@@H](O[C@@H]1O[C@H](CN)[C@@H](O)[C@H]1O)[C@@H]1C[C@@H](O)[C@H](n2ccc(=O)[nH]c2=O)O1. The van der Waals surface area contributed by atoms with Crippen LogP contribution in [0.1, 0.15) is 109 Å². The predicted molar refractivity (Wildman–Crippen MR) is 164 cm³/mol. The maximum atomic E-state index is 12.7. The van der Waals surface area contributed by atoms with Crippen molar-refractivity contribution in [3.63, 3.8) is 0 Å². The second-order valence-corrected chi connectivity index (χ2v) is 12.1. The fourth-order valence-corrected chi connectivity index (χ4v) is 5.87. The molecule has 1 aromatic rings. The minimum atomic E-state index is -1.38. The van der Waals surface area contributed by atoms with Gasteiger partial charge in [-0.2, -0.15) is 0 Å². The molecular weight excluding hydrogens is 572 g/mol. The van der Waals surface area contributed by atoms with Gasteiger partial charge in [0.2, 0.25) is 5.91 Å². The zero-order chi connectivity index (χ0) is 31.9. The van der Waals surface area contributed by atoms with Crippen LogP contribution < -0.4 is 22.3 Å². The van der Waals surface area contributed by atoms with Crippen LogP contribution in [0.5, 0.6) is 0 Å². The van der Waals surface area contributed by atoms with Gasteiger partial charge in [-0.25, -0.2) is 4.79 Å². The van der Waals surface area contributed by atoms with E-state index in [0.29, 0.717) is 6.42 Å². The van der Waals surface area contributed by atoms with Crippen molar-refractivity contribution in [1.82, 2.24) is 14.9 Å². The summed E-state index contributed by atoms with van der Waals surface area (Å²) < 4.78 is 18.6. The van der Waals surface area contributed by atoms with Gasteiger partial charge in [-0.1, -0.05) is 84.0 Å². The fraction of sp³-hybridized carbons (Fsp3) is 0.839. The monoisotopic (exact) mass is 626 g/mol. The Hall–Kier alpha value is -2.13.